The largest absolute Gasteiger partial charge is 0.373 e. The summed E-state index contributed by atoms with van der Waals surface area (Å²) in [5.41, 5.74) is 1.72. The molecule has 162 valence electrons. The molecule has 3 aromatic rings. The number of nitrogens with one attached hydrogen (secondary N) is 1. The fraction of sp³-hybridized carbons (Fsp3) is 0.364. The van der Waals surface area contributed by atoms with Gasteiger partial charge in [0, 0.05) is 36.8 Å². The lowest BCUT2D eigenvalue weighted by atomic mass is 10.2. The summed E-state index contributed by atoms with van der Waals surface area (Å²) in [5.74, 6) is -0.566. The Kier molecular flexibility index (Phi) is 6.26. The van der Waals surface area contributed by atoms with Gasteiger partial charge in [-0.15, -0.1) is 11.3 Å². The smallest absolute Gasteiger partial charge is 0.281 e. The van der Waals surface area contributed by atoms with Gasteiger partial charge in [-0.05, 0) is 32.9 Å². The van der Waals surface area contributed by atoms with Crippen molar-refractivity contribution in [3.63, 3.8) is 0 Å². The Bertz CT molecular complexity index is 1120. The molecule has 1 fully saturated rings. The summed E-state index contributed by atoms with van der Waals surface area (Å²) in [7, 11) is 0. The highest BCUT2D eigenvalue weighted by Crippen LogP contribution is 2.19. The minimum atomic E-state index is -0.566. The monoisotopic (exact) mass is 439 g/mol. The van der Waals surface area contributed by atoms with Gasteiger partial charge < -0.3 is 4.74 Å². The molecule has 1 aromatic carbocycles. The van der Waals surface area contributed by atoms with Crippen molar-refractivity contribution in [1.82, 2.24) is 19.7 Å². The molecule has 1 N–H and O–H groups in total. The number of benzene rings is 1. The van der Waals surface area contributed by atoms with Crippen molar-refractivity contribution in [2.75, 3.05) is 18.4 Å². The molecule has 2 aromatic heterocycles. The number of anilines is 1. The molecule has 0 saturated carbocycles. The second kappa shape index (κ2) is 9.09. The van der Waals surface area contributed by atoms with Gasteiger partial charge >= 0.3 is 0 Å². The van der Waals surface area contributed by atoms with E-state index < -0.39 is 11.3 Å². The van der Waals surface area contributed by atoms with E-state index >= 15 is 0 Å². The summed E-state index contributed by atoms with van der Waals surface area (Å²) < 4.78 is 7.35. The summed E-state index contributed by atoms with van der Waals surface area (Å²) >= 11 is 1.33. The fourth-order valence-corrected chi connectivity index (χ4v) is 4.47. The van der Waals surface area contributed by atoms with Crippen LogP contribution in [0.2, 0.25) is 0 Å². The van der Waals surface area contributed by atoms with Crippen molar-refractivity contribution >= 4 is 22.4 Å². The number of morpholine rings is 1. The van der Waals surface area contributed by atoms with E-state index in [1.165, 1.54) is 17.4 Å². The van der Waals surface area contributed by atoms with Gasteiger partial charge in [0.25, 0.3) is 5.91 Å². The van der Waals surface area contributed by atoms with Gasteiger partial charge in [0.2, 0.25) is 5.43 Å². The number of carbonyl (C=O) groups is 1. The van der Waals surface area contributed by atoms with Crippen LogP contribution in [0.25, 0.3) is 5.69 Å². The van der Waals surface area contributed by atoms with Gasteiger partial charge in [0.05, 0.1) is 23.6 Å². The Balaban J connectivity index is 1.48. The summed E-state index contributed by atoms with van der Waals surface area (Å²) in [5, 5.41) is 9.39. The van der Waals surface area contributed by atoms with Crippen LogP contribution in [0.4, 0.5) is 5.13 Å². The highest BCUT2D eigenvalue weighted by molar-refractivity contribution is 7.13. The summed E-state index contributed by atoms with van der Waals surface area (Å²) in [6.45, 7) is 8.28. The Morgan fingerprint density at radius 2 is 1.94 bits per heavy atom. The van der Waals surface area contributed by atoms with Crippen LogP contribution in [0, 0.1) is 6.92 Å². The van der Waals surface area contributed by atoms with E-state index in [-0.39, 0.29) is 17.9 Å². The molecule has 8 nitrogen and oxygen atoms in total. The van der Waals surface area contributed by atoms with E-state index in [1.807, 2.05) is 35.7 Å². The first-order chi connectivity index (χ1) is 14.9. The number of thiazole rings is 1. The molecule has 31 heavy (non-hydrogen) atoms. The third-order valence-corrected chi connectivity index (χ3v) is 5.78. The molecule has 4 rings (SSSR count). The number of hydrogen-bond donors (Lipinski definition) is 1. The molecule has 0 radical (unpaired) electrons. The minimum absolute atomic E-state index is 0.165. The molecule has 3 heterocycles. The topological polar surface area (TPSA) is 89.3 Å². The van der Waals surface area contributed by atoms with E-state index in [9.17, 15) is 9.59 Å². The zero-order valence-corrected chi connectivity index (χ0v) is 18.6. The Hall–Kier alpha value is -2.88. The fourth-order valence-electron chi connectivity index (χ4n) is 3.77. The first-order valence-corrected chi connectivity index (χ1v) is 11.1. The first kappa shape index (κ1) is 21.4. The number of hydrogen-bond acceptors (Lipinski definition) is 7. The van der Waals surface area contributed by atoms with E-state index in [0.717, 1.165) is 24.5 Å². The standard InChI is InChI=1S/C22H25N5O3S/c1-14-9-19(28)20(25-27(14)18-7-5-4-6-8-18)21(29)24-22-23-17(13-31-22)12-26-10-15(2)30-16(3)11-26/h4-9,13,15-16H,10-12H2,1-3H3,(H,23,24,29). The van der Waals surface area contributed by atoms with E-state index in [2.05, 4.69) is 34.1 Å². The number of ether oxygens (including phenoxy) is 1. The number of para-hydroxylation sites is 1. The van der Waals surface area contributed by atoms with Gasteiger partial charge in [0.1, 0.15) is 0 Å². The van der Waals surface area contributed by atoms with Crippen LogP contribution in [-0.2, 0) is 11.3 Å². The van der Waals surface area contributed by atoms with Gasteiger partial charge in [-0.1, -0.05) is 18.2 Å². The Morgan fingerprint density at radius 1 is 1.23 bits per heavy atom. The normalized spacial score (nSPS) is 19.3. The quantitative estimate of drug-likeness (QED) is 0.658. The lowest BCUT2D eigenvalue weighted by molar-refractivity contribution is -0.0707. The van der Waals surface area contributed by atoms with Crippen molar-refractivity contribution in [3.05, 3.63) is 69.1 Å². The molecule has 0 bridgehead atoms. The maximum absolute atomic E-state index is 12.8. The van der Waals surface area contributed by atoms with Crippen molar-refractivity contribution in [2.45, 2.75) is 39.5 Å². The van der Waals surface area contributed by atoms with Crippen LogP contribution < -0.4 is 10.7 Å². The zero-order valence-electron chi connectivity index (χ0n) is 17.7. The van der Waals surface area contributed by atoms with Crippen molar-refractivity contribution in [2.24, 2.45) is 0 Å². The number of nitrogens with zero attached hydrogens (tertiary/aromatic N) is 4. The number of carbonyl (C=O) groups excluding carboxylic acids is 1. The molecular formula is C22H25N5O3S. The Morgan fingerprint density at radius 3 is 2.65 bits per heavy atom. The van der Waals surface area contributed by atoms with Crippen molar-refractivity contribution in [1.29, 1.82) is 0 Å². The summed E-state index contributed by atoms with van der Waals surface area (Å²) in [6.07, 6.45) is 0.363. The lowest BCUT2D eigenvalue weighted by Gasteiger charge is -2.34. The SMILES string of the molecule is Cc1cc(=O)c(C(=O)Nc2nc(CN3CC(C)OC(C)C3)cs2)nn1-c1ccccc1. The van der Waals surface area contributed by atoms with E-state index in [4.69, 9.17) is 4.74 Å². The Labute approximate surface area is 184 Å². The van der Waals surface area contributed by atoms with Crippen LogP contribution in [-0.4, -0.2) is 50.9 Å². The average Bonchev–Trinajstić information content (AvgIpc) is 3.14. The molecule has 2 unspecified atom stereocenters. The lowest BCUT2D eigenvalue weighted by Crippen LogP contribution is -2.44. The van der Waals surface area contributed by atoms with E-state index in [1.54, 1.807) is 11.6 Å². The highest BCUT2D eigenvalue weighted by Gasteiger charge is 2.23. The third-order valence-electron chi connectivity index (χ3n) is 4.98. The second-order valence-corrected chi connectivity index (χ2v) is 8.65. The van der Waals surface area contributed by atoms with Crippen molar-refractivity contribution in [3.8, 4) is 5.69 Å². The zero-order chi connectivity index (χ0) is 22.0. The molecule has 1 amide bonds. The third kappa shape index (κ3) is 5.07. The van der Waals surface area contributed by atoms with Gasteiger partial charge in [-0.2, -0.15) is 5.10 Å². The second-order valence-electron chi connectivity index (χ2n) is 7.80. The van der Waals surface area contributed by atoms with Crippen LogP contribution >= 0.6 is 11.3 Å². The molecule has 1 aliphatic rings. The average molecular weight is 440 g/mol. The predicted octanol–water partition coefficient (Wildman–Crippen LogP) is 2.86. The van der Waals surface area contributed by atoms with Crippen molar-refractivity contribution < 1.29 is 9.53 Å². The van der Waals surface area contributed by atoms with Gasteiger partial charge in [-0.25, -0.2) is 9.67 Å². The number of aromatic nitrogens is 3. The molecule has 1 aliphatic heterocycles. The van der Waals surface area contributed by atoms with Gasteiger partial charge in [-0.3, -0.25) is 19.8 Å². The molecule has 9 heteroatoms. The maximum Gasteiger partial charge on any atom is 0.281 e. The molecular weight excluding hydrogens is 414 g/mol. The van der Waals surface area contributed by atoms with Crippen LogP contribution in [0.15, 0.2) is 46.6 Å². The summed E-state index contributed by atoms with van der Waals surface area (Å²) in [6, 6.07) is 10.8. The molecule has 2 atom stereocenters. The van der Waals surface area contributed by atoms with E-state index in [0.29, 0.717) is 17.4 Å². The number of aryl methyl sites for hydroxylation is 1. The minimum Gasteiger partial charge on any atom is -0.373 e. The molecule has 0 spiro atoms. The van der Waals surface area contributed by atoms with Crippen LogP contribution in [0.1, 0.15) is 35.7 Å². The summed E-state index contributed by atoms with van der Waals surface area (Å²) in [4.78, 5) is 32.0. The van der Waals surface area contributed by atoms with Crippen LogP contribution in [0.5, 0.6) is 0 Å². The van der Waals surface area contributed by atoms with Crippen LogP contribution in [0.3, 0.4) is 0 Å². The first-order valence-electron chi connectivity index (χ1n) is 10.2. The predicted molar refractivity (Wildman–Crippen MR) is 120 cm³/mol. The number of amides is 1. The van der Waals surface area contributed by atoms with Gasteiger partial charge in [0.15, 0.2) is 10.8 Å². The maximum atomic E-state index is 12.8. The molecule has 0 aliphatic carbocycles. The highest BCUT2D eigenvalue weighted by atomic mass is 32.1. The molecule has 1 saturated heterocycles. The number of rotatable bonds is 5.